The number of hydrogen-bond donors (Lipinski definition) is 4. The predicted molar refractivity (Wildman–Crippen MR) is 71.1 cm³/mol. The fraction of sp³-hybridized carbons (Fsp3) is 0.154. The smallest absolute Gasteiger partial charge is 0.257 e. The molecular weight excluding hydrogens is 228 g/mol. The molecule has 7 N–H and O–H groups in total. The van der Waals surface area contributed by atoms with E-state index in [1.54, 1.807) is 24.3 Å². The molecule has 0 unspecified atom stereocenters. The lowest BCUT2D eigenvalue weighted by atomic mass is 9.95. The highest BCUT2D eigenvalue weighted by atomic mass is 16.1. The third-order valence-electron chi connectivity index (χ3n) is 2.68. The molecule has 0 atom stereocenters. The molecule has 1 aliphatic rings. The highest BCUT2D eigenvalue weighted by molar-refractivity contribution is 6.06. The third-order valence-corrected chi connectivity index (χ3v) is 2.68. The number of rotatable bonds is 2. The average Bonchev–Trinajstić information content (AvgIpc) is 2.28. The molecule has 0 heterocycles. The minimum atomic E-state index is -0.972. The highest BCUT2D eigenvalue weighted by Crippen LogP contribution is 2.20. The van der Waals surface area contributed by atoms with Crippen molar-refractivity contribution in [3.8, 4) is 0 Å². The molecule has 1 aliphatic carbocycles. The van der Waals surface area contributed by atoms with Gasteiger partial charge in [0.2, 0.25) is 0 Å². The standard InChI is InChI=1S/C13H16N4O/c14-11-8-13(15,16)7-6-10(11)12(18)17-9-4-2-1-3-5-9/h1-7H,8,14-16H2,(H,17,18). The van der Waals surface area contributed by atoms with Crippen molar-refractivity contribution in [1.29, 1.82) is 0 Å². The quantitative estimate of drug-likeness (QED) is 0.565. The van der Waals surface area contributed by atoms with Crippen molar-refractivity contribution in [2.75, 3.05) is 5.32 Å². The molecular formula is C13H16N4O. The maximum Gasteiger partial charge on any atom is 0.257 e. The zero-order valence-electron chi connectivity index (χ0n) is 9.89. The number of hydrogen-bond acceptors (Lipinski definition) is 4. The zero-order chi connectivity index (χ0) is 13.2. The van der Waals surface area contributed by atoms with E-state index in [4.69, 9.17) is 17.2 Å². The maximum absolute atomic E-state index is 12.0. The van der Waals surface area contributed by atoms with Crippen LogP contribution in [0.4, 0.5) is 5.69 Å². The Kier molecular flexibility index (Phi) is 3.18. The third kappa shape index (κ3) is 2.77. The van der Waals surface area contributed by atoms with Gasteiger partial charge in [-0.05, 0) is 24.3 Å². The van der Waals surface area contributed by atoms with Crippen molar-refractivity contribution in [3.63, 3.8) is 0 Å². The summed E-state index contributed by atoms with van der Waals surface area (Å²) in [7, 11) is 0. The Labute approximate surface area is 105 Å². The fourth-order valence-electron chi connectivity index (χ4n) is 1.77. The largest absolute Gasteiger partial charge is 0.401 e. The maximum atomic E-state index is 12.0. The Balaban J connectivity index is 2.14. The van der Waals surface area contributed by atoms with Crippen molar-refractivity contribution in [3.05, 3.63) is 53.8 Å². The van der Waals surface area contributed by atoms with Crippen LogP contribution in [0.1, 0.15) is 6.42 Å². The van der Waals surface area contributed by atoms with E-state index >= 15 is 0 Å². The van der Waals surface area contributed by atoms with Crippen molar-refractivity contribution in [1.82, 2.24) is 0 Å². The van der Waals surface area contributed by atoms with Crippen LogP contribution in [0, 0.1) is 0 Å². The number of nitrogens with one attached hydrogen (secondary N) is 1. The molecule has 1 aromatic rings. The lowest BCUT2D eigenvalue weighted by Gasteiger charge is -2.25. The van der Waals surface area contributed by atoms with Crippen molar-refractivity contribution < 1.29 is 4.79 Å². The van der Waals surface area contributed by atoms with Crippen molar-refractivity contribution in [2.45, 2.75) is 12.1 Å². The minimum absolute atomic E-state index is 0.259. The topological polar surface area (TPSA) is 107 Å². The summed E-state index contributed by atoms with van der Waals surface area (Å²) < 4.78 is 0. The SMILES string of the molecule is NC1=C(C(=O)Nc2ccccc2)C=CC(N)(N)C1. The van der Waals surface area contributed by atoms with E-state index in [0.29, 0.717) is 17.0 Å². The second-order valence-electron chi connectivity index (χ2n) is 4.38. The van der Waals surface area contributed by atoms with Gasteiger partial charge in [-0.15, -0.1) is 0 Å². The van der Waals surface area contributed by atoms with Crippen LogP contribution in [-0.4, -0.2) is 11.6 Å². The first-order chi connectivity index (χ1) is 8.48. The summed E-state index contributed by atoms with van der Waals surface area (Å²) in [6.45, 7) is 0. The van der Waals surface area contributed by atoms with E-state index < -0.39 is 5.66 Å². The molecule has 1 amide bonds. The van der Waals surface area contributed by atoms with Crippen molar-refractivity contribution in [2.24, 2.45) is 17.2 Å². The second-order valence-corrected chi connectivity index (χ2v) is 4.38. The van der Waals surface area contributed by atoms with E-state index in [-0.39, 0.29) is 12.3 Å². The molecule has 0 aromatic heterocycles. The van der Waals surface area contributed by atoms with Crippen LogP contribution in [0.2, 0.25) is 0 Å². The van der Waals surface area contributed by atoms with E-state index in [9.17, 15) is 4.79 Å². The molecule has 5 heteroatoms. The van der Waals surface area contributed by atoms with Crippen molar-refractivity contribution >= 4 is 11.6 Å². The summed E-state index contributed by atoms with van der Waals surface area (Å²) in [4.78, 5) is 12.0. The van der Waals surface area contributed by atoms with Gasteiger partial charge in [0, 0.05) is 17.8 Å². The van der Waals surface area contributed by atoms with Gasteiger partial charge in [-0.3, -0.25) is 4.79 Å². The lowest BCUT2D eigenvalue weighted by Crippen LogP contribution is -2.49. The van der Waals surface area contributed by atoms with Crippen LogP contribution < -0.4 is 22.5 Å². The van der Waals surface area contributed by atoms with Crippen LogP contribution in [-0.2, 0) is 4.79 Å². The number of amides is 1. The van der Waals surface area contributed by atoms with Crippen LogP contribution in [0.25, 0.3) is 0 Å². The molecule has 0 saturated heterocycles. The van der Waals surface area contributed by atoms with Gasteiger partial charge in [-0.1, -0.05) is 18.2 Å². The van der Waals surface area contributed by atoms with Gasteiger partial charge in [-0.25, -0.2) is 0 Å². The summed E-state index contributed by atoms with van der Waals surface area (Å²) in [6.07, 6.45) is 3.42. The molecule has 94 valence electrons. The first-order valence-electron chi connectivity index (χ1n) is 5.60. The molecule has 0 radical (unpaired) electrons. The van der Waals surface area contributed by atoms with Gasteiger partial charge in [-0.2, -0.15) is 0 Å². The van der Waals surface area contributed by atoms with Gasteiger partial charge in [0.1, 0.15) is 0 Å². The number of nitrogens with two attached hydrogens (primary N) is 3. The molecule has 1 aromatic carbocycles. The Morgan fingerprint density at radius 3 is 2.50 bits per heavy atom. The number of anilines is 1. The number of carbonyl (C=O) groups excluding carboxylic acids is 1. The predicted octanol–water partition coefficient (Wildman–Crippen LogP) is 0.411. The van der Waals surface area contributed by atoms with Gasteiger partial charge in [0.15, 0.2) is 0 Å². The Hall–Kier alpha value is -2.11. The number of carbonyl (C=O) groups is 1. The monoisotopic (exact) mass is 244 g/mol. The summed E-state index contributed by atoms with van der Waals surface area (Å²) in [5, 5.41) is 2.76. The molecule has 0 bridgehead atoms. The second kappa shape index (κ2) is 4.64. The van der Waals surface area contributed by atoms with Crippen LogP contribution in [0.15, 0.2) is 53.8 Å². The van der Waals surface area contributed by atoms with E-state index in [1.165, 1.54) is 0 Å². The van der Waals surface area contributed by atoms with Gasteiger partial charge < -0.3 is 22.5 Å². The molecule has 0 aliphatic heterocycles. The van der Waals surface area contributed by atoms with Gasteiger partial charge in [0.25, 0.3) is 5.91 Å². The zero-order valence-corrected chi connectivity index (χ0v) is 9.89. The summed E-state index contributed by atoms with van der Waals surface area (Å²) in [5.74, 6) is -0.259. The molecule has 0 saturated carbocycles. The lowest BCUT2D eigenvalue weighted by molar-refractivity contribution is -0.112. The van der Waals surface area contributed by atoms with Gasteiger partial charge >= 0.3 is 0 Å². The number of para-hydroxylation sites is 1. The van der Waals surface area contributed by atoms with E-state index in [1.807, 2.05) is 18.2 Å². The summed E-state index contributed by atoms with van der Waals surface area (Å²) in [6, 6.07) is 9.17. The van der Waals surface area contributed by atoms with Crippen LogP contribution in [0.3, 0.4) is 0 Å². The first-order valence-corrected chi connectivity index (χ1v) is 5.60. The Morgan fingerprint density at radius 2 is 1.89 bits per heavy atom. The molecule has 0 fully saturated rings. The van der Waals surface area contributed by atoms with Crippen LogP contribution in [0.5, 0.6) is 0 Å². The average molecular weight is 244 g/mol. The summed E-state index contributed by atoms with van der Waals surface area (Å²) >= 11 is 0. The number of benzene rings is 1. The first kappa shape index (κ1) is 12.3. The molecule has 18 heavy (non-hydrogen) atoms. The summed E-state index contributed by atoms with van der Waals surface area (Å²) in [5.41, 5.74) is 17.8. The fourth-order valence-corrected chi connectivity index (χ4v) is 1.77. The van der Waals surface area contributed by atoms with E-state index in [2.05, 4.69) is 5.32 Å². The van der Waals surface area contributed by atoms with Crippen LogP contribution >= 0.6 is 0 Å². The highest BCUT2D eigenvalue weighted by Gasteiger charge is 2.24. The van der Waals surface area contributed by atoms with Gasteiger partial charge in [0.05, 0.1) is 11.2 Å². The minimum Gasteiger partial charge on any atom is -0.401 e. The van der Waals surface area contributed by atoms with E-state index in [0.717, 1.165) is 0 Å². The molecule has 2 rings (SSSR count). The molecule has 5 nitrogen and oxygen atoms in total. The Bertz CT molecular complexity index is 517. The Morgan fingerprint density at radius 1 is 1.22 bits per heavy atom. The molecule has 0 spiro atoms. The normalized spacial score (nSPS) is 17.7.